The number of aromatic nitrogens is 3. The number of nitrogens with zero attached hydrogens (tertiary/aromatic N) is 3. The number of pyridine rings is 1. The maximum Gasteiger partial charge on any atom is 0.256 e. The van der Waals surface area contributed by atoms with Crippen LogP contribution in [0.4, 0.5) is 0 Å². The number of carbonyl (C=O) groups is 1. The Hall–Kier alpha value is -3.22. The van der Waals surface area contributed by atoms with Crippen molar-refractivity contribution in [3.05, 3.63) is 70.4 Å². The van der Waals surface area contributed by atoms with Crippen LogP contribution >= 0.6 is 0 Å². The summed E-state index contributed by atoms with van der Waals surface area (Å²) >= 11 is 0. The van der Waals surface area contributed by atoms with Crippen LogP contribution in [-0.2, 0) is 17.9 Å². The molecule has 0 aliphatic carbocycles. The number of nitrogens with one attached hydrogen (secondary N) is 1. The van der Waals surface area contributed by atoms with Gasteiger partial charge in [0.2, 0.25) is 5.91 Å². The summed E-state index contributed by atoms with van der Waals surface area (Å²) in [7, 11) is 0. The fraction of sp³-hybridized carbons (Fsp3) is 0.222. The monoisotopic (exact) mass is 338 g/mol. The second kappa shape index (κ2) is 7.12. The van der Waals surface area contributed by atoms with Gasteiger partial charge in [-0.3, -0.25) is 19.1 Å². The SMILES string of the molecule is Cc1ncn(CC(=O)NCc2cncc(-c3ccco3)c2)c(=O)c1C. The molecule has 0 aromatic carbocycles. The zero-order valence-corrected chi connectivity index (χ0v) is 14.0. The van der Waals surface area contributed by atoms with Crippen LogP contribution in [0.5, 0.6) is 0 Å². The Labute approximate surface area is 144 Å². The first-order valence-electron chi connectivity index (χ1n) is 7.82. The van der Waals surface area contributed by atoms with Crippen molar-refractivity contribution in [1.82, 2.24) is 19.9 Å². The highest BCUT2D eigenvalue weighted by Gasteiger charge is 2.09. The van der Waals surface area contributed by atoms with Crippen molar-refractivity contribution in [2.24, 2.45) is 0 Å². The molecule has 0 saturated heterocycles. The molecule has 0 unspecified atom stereocenters. The lowest BCUT2D eigenvalue weighted by Gasteiger charge is -2.09. The number of hydrogen-bond acceptors (Lipinski definition) is 5. The van der Waals surface area contributed by atoms with E-state index >= 15 is 0 Å². The van der Waals surface area contributed by atoms with Crippen molar-refractivity contribution in [3.8, 4) is 11.3 Å². The predicted octanol–water partition coefficient (Wildman–Crippen LogP) is 1.83. The summed E-state index contributed by atoms with van der Waals surface area (Å²) < 4.78 is 6.64. The molecular weight excluding hydrogens is 320 g/mol. The van der Waals surface area contributed by atoms with Gasteiger partial charge >= 0.3 is 0 Å². The highest BCUT2D eigenvalue weighted by molar-refractivity contribution is 5.75. The molecule has 0 atom stereocenters. The Morgan fingerprint density at radius 3 is 2.92 bits per heavy atom. The van der Waals surface area contributed by atoms with E-state index in [0.717, 1.165) is 11.1 Å². The van der Waals surface area contributed by atoms with Gasteiger partial charge in [-0.15, -0.1) is 0 Å². The molecule has 7 nitrogen and oxygen atoms in total. The van der Waals surface area contributed by atoms with Gasteiger partial charge in [0.15, 0.2) is 0 Å². The molecule has 0 radical (unpaired) electrons. The van der Waals surface area contributed by atoms with Gasteiger partial charge in [0.1, 0.15) is 12.3 Å². The summed E-state index contributed by atoms with van der Waals surface area (Å²) in [4.78, 5) is 32.5. The number of carbonyl (C=O) groups excluding carboxylic acids is 1. The van der Waals surface area contributed by atoms with Crippen molar-refractivity contribution in [3.63, 3.8) is 0 Å². The number of furan rings is 1. The van der Waals surface area contributed by atoms with Crippen LogP contribution in [0.2, 0.25) is 0 Å². The van der Waals surface area contributed by atoms with E-state index in [1.54, 1.807) is 38.6 Å². The zero-order chi connectivity index (χ0) is 17.8. The lowest BCUT2D eigenvalue weighted by atomic mass is 10.1. The van der Waals surface area contributed by atoms with Crippen molar-refractivity contribution in [2.45, 2.75) is 26.9 Å². The summed E-state index contributed by atoms with van der Waals surface area (Å²) in [6, 6.07) is 5.55. The third kappa shape index (κ3) is 3.82. The van der Waals surface area contributed by atoms with E-state index in [1.807, 2.05) is 12.1 Å². The minimum absolute atomic E-state index is 0.0712. The average Bonchev–Trinajstić information content (AvgIpc) is 3.15. The first-order valence-corrected chi connectivity index (χ1v) is 7.82. The second-order valence-corrected chi connectivity index (χ2v) is 5.72. The molecule has 25 heavy (non-hydrogen) atoms. The lowest BCUT2D eigenvalue weighted by Crippen LogP contribution is -2.33. The number of aryl methyl sites for hydroxylation is 1. The average molecular weight is 338 g/mol. The molecule has 3 aromatic heterocycles. The summed E-state index contributed by atoms with van der Waals surface area (Å²) in [6.45, 7) is 3.71. The van der Waals surface area contributed by atoms with E-state index in [0.29, 0.717) is 23.6 Å². The van der Waals surface area contributed by atoms with Crippen molar-refractivity contribution >= 4 is 5.91 Å². The summed E-state index contributed by atoms with van der Waals surface area (Å²) in [6.07, 6.45) is 6.36. The Morgan fingerprint density at radius 1 is 1.32 bits per heavy atom. The molecule has 3 heterocycles. The molecule has 0 fully saturated rings. The summed E-state index contributed by atoms with van der Waals surface area (Å²) in [5, 5.41) is 2.78. The maximum atomic E-state index is 12.1. The largest absolute Gasteiger partial charge is 0.464 e. The molecule has 0 saturated carbocycles. The highest BCUT2D eigenvalue weighted by Crippen LogP contribution is 2.19. The lowest BCUT2D eigenvalue weighted by molar-refractivity contribution is -0.121. The first-order chi connectivity index (χ1) is 12.0. The number of hydrogen-bond donors (Lipinski definition) is 1. The van der Waals surface area contributed by atoms with E-state index in [-0.39, 0.29) is 18.0 Å². The van der Waals surface area contributed by atoms with E-state index in [1.165, 1.54) is 10.9 Å². The topological polar surface area (TPSA) is 90.0 Å². The van der Waals surface area contributed by atoms with Gasteiger partial charge in [-0.25, -0.2) is 4.98 Å². The Balaban J connectivity index is 1.64. The second-order valence-electron chi connectivity index (χ2n) is 5.72. The van der Waals surface area contributed by atoms with Gasteiger partial charge in [0.05, 0.1) is 12.6 Å². The molecular formula is C18H18N4O3. The molecule has 3 rings (SSSR count). The quantitative estimate of drug-likeness (QED) is 0.766. The first kappa shape index (κ1) is 16.6. The molecule has 128 valence electrons. The fourth-order valence-electron chi connectivity index (χ4n) is 2.36. The molecule has 0 aliphatic rings. The minimum Gasteiger partial charge on any atom is -0.464 e. The van der Waals surface area contributed by atoms with Gasteiger partial charge in [0, 0.05) is 35.8 Å². The maximum absolute atomic E-state index is 12.1. The van der Waals surface area contributed by atoms with E-state index in [4.69, 9.17) is 4.42 Å². The van der Waals surface area contributed by atoms with Crippen molar-refractivity contribution in [1.29, 1.82) is 0 Å². The highest BCUT2D eigenvalue weighted by atomic mass is 16.3. The minimum atomic E-state index is -0.268. The van der Waals surface area contributed by atoms with Gasteiger partial charge in [0.25, 0.3) is 5.56 Å². The number of rotatable bonds is 5. The zero-order valence-electron chi connectivity index (χ0n) is 14.0. The molecule has 0 aliphatic heterocycles. The predicted molar refractivity (Wildman–Crippen MR) is 91.8 cm³/mol. The van der Waals surface area contributed by atoms with E-state index in [2.05, 4.69) is 15.3 Å². The normalized spacial score (nSPS) is 10.6. The van der Waals surface area contributed by atoms with Crippen molar-refractivity contribution < 1.29 is 9.21 Å². The molecule has 0 spiro atoms. The summed E-state index contributed by atoms with van der Waals surface area (Å²) in [5.41, 5.74) is 2.69. The smallest absolute Gasteiger partial charge is 0.256 e. The Morgan fingerprint density at radius 2 is 2.16 bits per heavy atom. The van der Waals surface area contributed by atoms with Gasteiger partial charge in [-0.05, 0) is 37.6 Å². The van der Waals surface area contributed by atoms with Crippen LogP contribution in [0.1, 0.15) is 16.8 Å². The van der Waals surface area contributed by atoms with Crippen LogP contribution < -0.4 is 10.9 Å². The van der Waals surface area contributed by atoms with Gasteiger partial charge in [-0.1, -0.05) is 0 Å². The van der Waals surface area contributed by atoms with Crippen LogP contribution in [0, 0.1) is 13.8 Å². The van der Waals surface area contributed by atoms with Crippen molar-refractivity contribution in [2.75, 3.05) is 0 Å². The molecule has 3 aromatic rings. The Bertz CT molecular complexity index is 945. The van der Waals surface area contributed by atoms with Gasteiger partial charge < -0.3 is 9.73 Å². The summed E-state index contributed by atoms with van der Waals surface area (Å²) in [5.74, 6) is 0.448. The molecule has 7 heteroatoms. The molecule has 1 amide bonds. The Kier molecular flexibility index (Phi) is 4.74. The standard InChI is InChI=1S/C18H18N4O3/c1-12-13(2)21-11-22(18(12)24)10-17(23)20-8-14-6-15(9-19-7-14)16-4-3-5-25-16/h3-7,9,11H,8,10H2,1-2H3,(H,20,23). The van der Waals surface area contributed by atoms with Crippen LogP contribution in [-0.4, -0.2) is 20.4 Å². The van der Waals surface area contributed by atoms with E-state index in [9.17, 15) is 9.59 Å². The molecule has 0 bridgehead atoms. The van der Waals surface area contributed by atoms with Crippen LogP contribution in [0.3, 0.4) is 0 Å². The third-order valence-electron chi connectivity index (χ3n) is 3.92. The third-order valence-corrected chi connectivity index (χ3v) is 3.92. The number of amides is 1. The van der Waals surface area contributed by atoms with Crippen LogP contribution in [0.15, 0.2) is 52.4 Å². The van der Waals surface area contributed by atoms with Gasteiger partial charge in [-0.2, -0.15) is 0 Å². The molecule has 1 N–H and O–H groups in total. The fourth-order valence-corrected chi connectivity index (χ4v) is 2.36. The van der Waals surface area contributed by atoms with Crippen LogP contribution in [0.25, 0.3) is 11.3 Å². The van der Waals surface area contributed by atoms with E-state index < -0.39 is 0 Å².